The zero-order chi connectivity index (χ0) is 13.0. The lowest BCUT2D eigenvalue weighted by Gasteiger charge is -2.08. The summed E-state index contributed by atoms with van der Waals surface area (Å²) in [5.41, 5.74) is -0.959. The van der Waals surface area contributed by atoms with Gasteiger partial charge in [-0.05, 0) is 0 Å². The predicted octanol–water partition coefficient (Wildman–Crippen LogP) is 1.92. The van der Waals surface area contributed by atoms with E-state index in [-0.39, 0.29) is 23.0 Å². The minimum absolute atomic E-state index is 0.0925. The van der Waals surface area contributed by atoms with Crippen molar-refractivity contribution in [1.82, 2.24) is 4.98 Å². The summed E-state index contributed by atoms with van der Waals surface area (Å²) in [6.07, 6.45) is -2.07. The third-order valence-corrected chi connectivity index (χ3v) is 2.78. The van der Waals surface area contributed by atoms with E-state index in [0.29, 0.717) is 0 Å². The van der Waals surface area contributed by atoms with Crippen molar-refractivity contribution in [2.45, 2.75) is 18.2 Å². The molecule has 0 radical (unpaired) electrons. The van der Waals surface area contributed by atoms with Crippen molar-refractivity contribution >= 4 is 21.9 Å². The molecule has 0 aromatic carbocycles. The van der Waals surface area contributed by atoms with Crippen LogP contribution >= 0.6 is 15.9 Å². The van der Waals surface area contributed by atoms with Crippen LogP contribution in [0.4, 0.5) is 8.78 Å². The Morgan fingerprint density at radius 3 is 2.71 bits per heavy atom. The van der Waals surface area contributed by atoms with E-state index in [1.54, 1.807) is 0 Å². The molecule has 0 amide bonds. The number of pyridine rings is 1. The first-order chi connectivity index (χ1) is 8.01. The Kier molecular flexibility index (Phi) is 4.80. The summed E-state index contributed by atoms with van der Waals surface area (Å²) in [5, 5.41) is 0.0925. The van der Waals surface area contributed by atoms with Gasteiger partial charge in [-0.2, -0.15) is 0 Å². The highest BCUT2D eigenvalue weighted by molar-refractivity contribution is 9.08. The Morgan fingerprint density at radius 2 is 2.24 bits per heavy atom. The van der Waals surface area contributed by atoms with Gasteiger partial charge in [0.05, 0.1) is 19.1 Å². The highest BCUT2D eigenvalue weighted by Crippen LogP contribution is 2.17. The number of esters is 1. The summed E-state index contributed by atoms with van der Waals surface area (Å²) in [7, 11) is 1.21. The zero-order valence-electron chi connectivity index (χ0n) is 8.93. The number of H-pyrrole nitrogens is 1. The lowest BCUT2D eigenvalue weighted by molar-refractivity contribution is -0.139. The van der Waals surface area contributed by atoms with Crippen LogP contribution in [-0.4, -0.2) is 18.1 Å². The minimum Gasteiger partial charge on any atom is -0.469 e. The van der Waals surface area contributed by atoms with Crippen molar-refractivity contribution in [3.63, 3.8) is 0 Å². The smallest absolute Gasteiger partial charge is 0.311 e. The number of halogens is 3. The standard InChI is InChI=1S/C10H10BrF2NO3/c1-17-8(15)2-7-5(3-11)9(16)6(4-14-7)10(12)13/h4,10H,2-3H2,1H3,(H,14,16). The Labute approximate surface area is 104 Å². The maximum absolute atomic E-state index is 12.5. The second-order valence-electron chi connectivity index (χ2n) is 3.22. The summed E-state index contributed by atoms with van der Waals surface area (Å²) in [6.45, 7) is 0. The first-order valence-corrected chi connectivity index (χ1v) is 5.77. The molecule has 4 nitrogen and oxygen atoms in total. The van der Waals surface area contributed by atoms with Crippen LogP contribution in [0.25, 0.3) is 0 Å². The molecule has 0 atom stereocenters. The van der Waals surface area contributed by atoms with Gasteiger partial charge in [0.15, 0.2) is 5.43 Å². The second kappa shape index (κ2) is 5.90. The lowest BCUT2D eigenvalue weighted by Crippen LogP contribution is -2.20. The number of aromatic amines is 1. The number of aromatic nitrogens is 1. The topological polar surface area (TPSA) is 59.2 Å². The predicted molar refractivity (Wildman–Crippen MR) is 60.4 cm³/mol. The fraction of sp³-hybridized carbons (Fsp3) is 0.400. The van der Waals surface area contributed by atoms with Crippen molar-refractivity contribution in [2.24, 2.45) is 0 Å². The molecule has 0 aliphatic heterocycles. The average Bonchev–Trinajstić information content (AvgIpc) is 2.28. The number of hydrogen-bond donors (Lipinski definition) is 1. The molecule has 0 saturated heterocycles. The Hall–Kier alpha value is -1.24. The van der Waals surface area contributed by atoms with Crippen LogP contribution in [0.2, 0.25) is 0 Å². The van der Waals surface area contributed by atoms with Crippen molar-refractivity contribution in [1.29, 1.82) is 0 Å². The molecule has 0 fully saturated rings. The summed E-state index contributed by atoms with van der Waals surface area (Å²) in [6, 6.07) is 0. The van der Waals surface area contributed by atoms with Gasteiger partial charge in [-0.3, -0.25) is 9.59 Å². The van der Waals surface area contributed by atoms with Crippen LogP contribution in [0.3, 0.4) is 0 Å². The molecule has 0 unspecified atom stereocenters. The van der Waals surface area contributed by atoms with E-state index >= 15 is 0 Å². The molecule has 0 bridgehead atoms. The van der Waals surface area contributed by atoms with Gasteiger partial charge < -0.3 is 9.72 Å². The SMILES string of the molecule is COC(=O)Cc1[nH]cc(C(F)F)c(=O)c1CBr. The Balaban J connectivity index is 3.21. The fourth-order valence-electron chi connectivity index (χ4n) is 1.31. The average molecular weight is 310 g/mol. The van der Waals surface area contributed by atoms with Gasteiger partial charge >= 0.3 is 5.97 Å². The van der Waals surface area contributed by atoms with Gasteiger partial charge in [-0.15, -0.1) is 0 Å². The summed E-state index contributed by atoms with van der Waals surface area (Å²) in [4.78, 5) is 25.3. The highest BCUT2D eigenvalue weighted by Gasteiger charge is 2.18. The largest absolute Gasteiger partial charge is 0.469 e. The molecule has 0 aliphatic carbocycles. The highest BCUT2D eigenvalue weighted by atomic mass is 79.9. The van der Waals surface area contributed by atoms with Gasteiger partial charge in [-0.1, -0.05) is 15.9 Å². The molecule has 0 saturated carbocycles. The fourth-order valence-corrected chi connectivity index (χ4v) is 1.90. The third kappa shape index (κ3) is 3.12. The quantitative estimate of drug-likeness (QED) is 0.683. The number of nitrogens with one attached hydrogen (secondary N) is 1. The second-order valence-corrected chi connectivity index (χ2v) is 3.78. The van der Waals surface area contributed by atoms with E-state index in [2.05, 4.69) is 25.7 Å². The monoisotopic (exact) mass is 309 g/mol. The van der Waals surface area contributed by atoms with Crippen molar-refractivity contribution in [3.8, 4) is 0 Å². The van der Waals surface area contributed by atoms with Gasteiger partial charge in [-0.25, -0.2) is 8.78 Å². The zero-order valence-corrected chi connectivity index (χ0v) is 10.5. The van der Waals surface area contributed by atoms with Gasteiger partial charge in [0, 0.05) is 22.8 Å². The number of methoxy groups -OCH3 is 1. The number of alkyl halides is 3. The molecule has 1 aromatic heterocycles. The molecule has 1 N–H and O–H groups in total. The van der Waals surface area contributed by atoms with Crippen molar-refractivity contribution in [3.05, 3.63) is 33.2 Å². The number of rotatable bonds is 4. The molecule has 0 aliphatic rings. The van der Waals surface area contributed by atoms with E-state index in [0.717, 1.165) is 6.20 Å². The maximum atomic E-state index is 12.5. The van der Waals surface area contributed by atoms with Crippen LogP contribution in [0, 0.1) is 0 Å². The molecule has 7 heteroatoms. The number of hydrogen-bond acceptors (Lipinski definition) is 3. The molecule has 1 heterocycles. The third-order valence-electron chi connectivity index (χ3n) is 2.22. The van der Waals surface area contributed by atoms with Crippen molar-refractivity contribution < 1.29 is 18.3 Å². The van der Waals surface area contributed by atoms with E-state index in [4.69, 9.17) is 0 Å². The van der Waals surface area contributed by atoms with Crippen LogP contribution in [-0.2, 0) is 21.3 Å². The molecule has 94 valence electrons. The van der Waals surface area contributed by atoms with E-state index in [9.17, 15) is 18.4 Å². The van der Waals surface area contributed by atoms with Gasteiger partial charge in [0.2, 0.25) is 0 Å². The minimum atomic E-state index is -2.84. The van der Waals surface area contributed by atoms with E-state index in [1.807, 2.05) is 0 Å². The maximum Gasteiger partial charge on any atom is 0.311 e. The summed E-state index contributed by atoms with van der Waals surface area (Å²) < 4.78 is 29.4. The van der Waals surface area contributed by atoms with E-state index < -0.39 is 23.4 Å². The summed E-state index contributed by atoms with van der Waals surface area (Å²) in [5.74, 6) is -0.548. The van der Waals surface area contributed by atoms with Crippen LogP contribution < -0.4 is 5.43 Å². The number of carbonyl (C=O) groups is 1. The van der Waals surface area contributed by atoms with Crippen LogP contribution in [0.1, 0.15) is 23.2 Å². The number of ether oxygens (including phenoxy) is 1. The van der Waals surface area contributed by atoms with Gasteiger partial charge in [0.25, 0.3) is 6.43 Å². The molecular formula is C10H10BrF2NO3. The lowest BCUT2D eigenvalue weighted by atomic mass is 10.1. The molecule has 1 rings (SSSR count). The molecule has 0 spiro atoms. The normalized spacial score (nSPS) is 10.6. The van der Waals surface area contributed by atoms with Crippen LogP contribution in [0.15, 0.2) is 11.0 Å². The van der Waals surface area contributed by atoms with E-state index in [1.165, 1.54) is 7.11 Å². The number of carbonyl (C=O) groups excluding carboxylic acids is 1. The molecule has 17 heavy (non-hydrogen) atoms. The molecule has 1 aromatic rings. The first-order valence-electron chi connectivity index (χ1n) is 4.65. The van der Waals surface area contributed by atoms with Crippen molar-refractivity contribution in [2.75, 3.05) is 7.11 Å². The van der Waals surface area contributed by atoms with Gasteiger partial charge in [0.1, 0.15) is 0 Å². The summed E-state index contributed by atoms with van der Waals surface area (Å²) >= 11 is 3.04. The Bertz CT molecular complexity index is 473. The Morgan fingerprint density at radius 1 is 1.59 bits per heavy atom. The van der Waals surface area contributed by atoms with Crippen LogP contribution in [0.5, 0.6) is 0 Å². The first kappa shape index (κ1) is 13.8. The molecular weight excluding hydrogens is 300 g/mol.